The van der Waals surface area contributed by atoms with E-state index in [4.69, 9.17) is 0 Å². The minimum absolute atomic E-state index is 0.122. The maximum atomic E-state index is 11.8. The van der Waals surface area contributed by atoms with Crippen molar-refractivity contribution in [3.63, 3.8) is 0 Å². The number of rotatable bonds is 2. The van der Waals surface area contributed by atoms with Gasteiger partial charge in [-0.3, -0.25) is 4.79 Å². The van der Waals surface area contributed by atoms with Gasteiger partial charge in [-0.2, -0.15) is 0 Å². The molecule has 0 aliphatic heterocycles. The topological polar surface area (TPSA) is 75.1 Å². The largest absolute Gasteiger partial charge is 0.391 e. The molecule has 1 aliphatic carbocycles. The van der Waals surface area contributed by atoms with Crippen LogP contribution in [0.4, 0.5) is 0 Å². The Balaban J connectivity index is 1.99. The summed E-state index contributed by atoms with van der Waals surface area (Å²) in [5, 5.41) is 16.4. The van der Waals surface area contributed by atoms with E-state index in [0.29, 0.717) is 10.6 Å². The van der Waals surface area contributed by atoms with E-state index >= 15 is 0 Å². The number of aliphatic hydroxyl groups excluding tert-OH is 1. The molecule has 0 spiro atoms. The maximum Gasteiger partial charge on any atom is 0.265 e. The highest BCUT2D eigenvalue weighted by atomic mass is 32.1. The lowest BCUT2D eigenvalue weighted by molar-refractivity contribution is 0.0719. The van der Waals surface area contributed by atoms with Gasteiger partial charge in [0.2, 0.25) is 0 Å². The van der Waals surface area contributed by atoms with Crippen LogP contribution in [0.15, 0.2) is 0 Å². The Morgan fingerprint density at radius 1 is 1.50 bits per heavy atom. The predicted molar refractivity (Wildman–Crippen MR) is 60.4 cm³/mol. The molecule has 6 heteroatoms. The fraction of sp³-hybridized carbons (Fsp3) is 0.700. The van der Waals surface area contributed by atoms with Gasteiger partial charge < -0.3 is 10.4 Å². The Labute approximate surface area is 98.0 Å². The number of carbonyl (C=O) groups excluding carboxylic acids is 1. The second-order valence-corrected chi connectivity index (χ2v) is 4.87. The maximum absolute atomic E-state index is 11.8. The van der Waals surface area contributed by atoms with Crippen molar-refractivity contribution in [1.82, 2.24) is 14.9 Å². The second kappa shape index (κ2) is 4.88. The van der Waals surface area contributed by atoms with Gasteiger partial charge in [0.15, 0.2) is 0 Å². The fourth-order valence-corrected chi connectivity index (χ4v) is 2.51. The van der Waals surface area contributed by atoms with Crippen LogP contribution in [0, 0.1) is 6.92 Å². The molecular weight excluding hydrogens is 226 g/mol. The molecule has 2 N–H and O–H groups in total. The van der Waals surface area contributed by atoms with Crippen LogP contribution in [-0.2, 0) is 0 Å². The van der Waals surface area contributed by atoms with Gasteiger partial charge in [-0.05, 0) is 31.3 Å². The molecule has 1 aliphatic rings. The first-order valence-electron chi connectivity index (χ1n) is 5.46. The number of aromatic nitrogens is 2. The van der Waals surface area contributed by atoms with Gasteiger partial charge in [0, 0.05) is 0 Å². The lowest BCUT2D eigenvalue weighted by Gasteiger charge is -2.28. The van der Waals surface area contributed by atoms with Crippen LogP contribution >= 0.6 is 11.5 Å². The van der Waals surface area contributed by atoms with E-state index in [2.05, 4.69) is 14.9 Å². The molecule has 0 unspecified atom stereocenters. The number of carbonyl (C=O) groups is 1. The van der Waals surface area contributed by atoms with Gasteiger partial charge in [0.25, 0.3) is 5.91 Å². The van der Waals surface area contributed by atoms with Crippen molar-refractivity contribution in [3.8, 4) is 0 Å². The minimum atomic E-state index is -0.418. The molecule has 16 heavy (non-hydrogen) atoms. The third kappa shape index (κ3) is 2.38. The monoisotopic (exact) mass is 241 g/mol. The molecule has 2 atom stereocenters. The van der Waals surface area contributed by atoms with E-state index in [-0.39, 0.29) is 11.9 Å². The molecule has 2 rings (SSSR count). The van der Waals surface area contributed by atoms with Gasteiger partial charge >= 0.3 is 0 Å². The molecule has 0 bridgehead atoms. The summed E-state index contributed by atoms with van der Waals surface area (Å²) in [7, 11) is 0. The van der Waals surface area contributed by atoms with E-state index in [1.54, 1.807) is 6.92 Å². The van der Waals surface area contributed by atoms with Crippen LogP contribution in [-0.4, -0.2) is 32.7 Å². The molecule has 88 valence electrons. The summed E-state index contributed by atoms with van der Waals surface area (Å²) in [6.45, 7) is 1.76. The Hall–Kier alpha value is -1.01. The normalized spacial score (nSPS) is 25.4. The summed E-state index contributed by atoms with van der Waals surface area (Å²) in [4.78, 5) is 12.4. The average Bonchev–Trinajstić information content (AvgIpc) is 2.68. The quantitative estimate of drug-likeness (QED) is 0.806. The summed E-state index contributed by atoms with van der Waals surface area (Å²) in [5.74, 6) is -0.168. The second-order valence-electron chi connectivity index (χ2n) is 4.12. The van der Waals surface area contributed by atoms with Crippen LogP contribution in [0.3, 0.4) is 0 Å². The number of nitrogens with zero attached hydrogens (tertiary/aromatic N) is 2. The molecule has 1 amide bonds. The molecule has 0 radical (unpaired) electrons. The van der Waals surface area contributed by atoms with Gasteiger partial charge in [0.05, 0.1) is 17.8 Å². The van der Waals surface area contributed by atoms with Crippen LogP contribution < -0.4 is 5.32 Å². The smallest absolute Gasteiger partial charge is 0.265 e. The van der Waals surface area contributed by atoms with Crippen molar-refractivity contribution < 1.29 is 9.90 Å². The Morgan fingerprint density at radius 2 is 2.25 bits per heavy atom. The number of nitrogens with one attached hydrogen (secondary N) is 1. The molecule has 1 aromatic rings. The Morgan fingerprint density at radius 3 is 2.88 bits per heavy atom. The van der Waals surface area contributed by atoms with Crippen LogP contribution in [0.25, 0.3) is 0 Å². The molecule has 0 saturated heterocycles. The highest BCUT2D eigenvalue weighted by molar-refractivity contribution is 7.08. The predicted octanol–water partition coefficient (Wildman–Crippen LogP) is 0.880. The van der Waals surface area contributed by atoms with Crippen LogP contribution in [0.2, 0.25) is 0 Å². The van der Waals surface area contributed by atoms with Crippen LogP contribution in [0.5, 0.6) is 0 Å². The first kappa shape index (κ1) is 11.5. The lowest BCUT2D eigenvalue weighted by Crippen LogP contribution is -2.45. The Bertz CT molecular complexity index is 380. The molecule has 0 aromatic carbocycles. The first-order chi connectivity index (χ1) is 7.68. The fourth-order valence-electron chi connectivity index (χ4n) is 1.95. The number of hydrogen-bond donors (Lipinski definition) is 2. The van der Waals surface area contributed by atoms with Gasteiger partial charge in [0.1, 0.15) is 4.88 Å². The summed E-state index contributed by atoms with van der Waals surface area (Å²) < 4.78 is 3.72. The number of amides is 1. The third-order valence-electron chi connectivity index (χ3n) is 2.90. The molecule has 1 aromatic heterocycles. The molecule has 1 fully saturated rings. The van der Waals surface area contributed by atoms with Gasteiger partial charge in [-0.25, -0.2) is 0 Å². The van der Waals surface area contributed by atoms with E-state index in [1.807, 2.05) is 0 Å². The van der Waals surface area contributed by atoms with Crippen molar-refractivity contribution >= 4 is 17.4 Å². The zero-order chi connectivity index (χ0) is 11.5. The third-order valence-corrected chi connectivity index (χ3v) is 3.73. The van der Waals surface area contributed by atoms with Crippen molar-refractivity contribution in [3.05, 3.63) is 10.6 Å². The van der Waals surface area contributed by atoms with Crippen molar-refractivity contribution in [2.45, 2.75) is 44.8 Å². The molecule has 5 nitrogen and oxygen atoms in total. The van der Waals surface area contributed by atoms with E-state index in [9.17, 15) is 9.90 Å². The van der Waals surface area contributed by atoms with Crippen molar-refractivity contribution in [2.75, 3.05) is 0 Å². The Kier molecular flexibility index (Phi) is 3.50. The van der Waals surface area contributed by atoms with Crippen molar-refractivity contribution in [2.24, 2.45) is 0 Å². The highest BCUT2D eigenvalue weighted by Crippen LogP contribution is 2.19. The summed E-state index contributed by atoms with van der Waals surface area (Å²) in [5.41, 5.74) is 0.646. The van der Waals surface area contributed by atoms with Crippen molar-refractivity contribution in [1.29, 1.82) is 0 Å². The van der Waals surface area contributed by atoms with Crippen LogP contribution in [0.1, 0.15) is 41.0 Å². The molecular formula is C10H15N3O2S. The standard InChI is InChI=1S/C10H15N3O2S/c1-6-9(16-13-12-6)10(15)11-7-4-2-3-5-8(7)14/h7-8,14H,2-5H2,1H3,(H,11,15)/t7-,8-/m1/s1. The van der Waals surface area contributed by atoms with E-state index in [1.165, 1.54) is 0 Å². The summed E-state index contributed by atoms with van der Waals surface area (Å²) in [6.07, 6.45) is 3.29. The van der Waals surface area contributed by atoms with Gasteiger partial charge in [-0.15, -0.1) is 5.10 Å². The SMILES string of the molecule is Cc1nnsc1C(=O)N[C@@H]1CCCC[C@H]1O. The minimum Gasteiger partial charge on any atom is -0.391 e. The summed E-state index contributed by atoms with van der Waals surface area (Å²) >= 11 is 1.09. The van der Waals surface area contributed by atoms with E-state index < -0.39 is 6.10 Å². The lowest BCUT2D eigenvalue weighted by atomic mass is 9.92. The number of hydrogen-bond acceptors (Lipinski definition) is 5. The molecule has 1 heterocycles. The first-order valence-corrected chi connectivity index (χ1v) is 6.23. The number of aliphatic hydroxyl groups is 1. The zero-order valence-electron chi connectivity index (χ0n) is 9.14. The number of aryl methyl sites for hydroxylation is 1. The average molecular weight is 241 g/mol. The summed E-state index contributed by atoms with van der Waals surface area (Å²) in [6, 6.07) is -0.122. The van der Waals surface area contributed by atoms with E-state index in [0.717, 1.165) is 37.2 Å². The van der Waals surface area contributed by atoms with Gasteiger partial charge in [-0.1, -0.05) is 17.3 Å². The zero-order valence-corrected chi connectivity index (χ0v) is 9.96. The molecule has 1 saturated carbocycles. The highest BCUT2D eigenvalue weighted by Gasteiger charge is 2.26.